The summed E-state index contributed by atoms with van der Waals surface area (Å²) in [6.07, 6.45) is 7.08. The van der Waals surface area contributed by atoms with E-state index in [1.54, 1.807) is 12.4 Å². The zero-order chi connectivity index (χ0) is 16.4. The van der Waals surface area contributed by atoms with E-state index in [0.717, 1.165) is 29.3 Å². The predicted molar refractivity (Wildman–Crippen MR) is 95.7 cm³/mol. The maximum absolute atomic E-state index is 4.59. The molecule has 4 heteroatoms. The minimum Gasteiger partial charge on any atom is -0.363 e. The molecule has 1 aliphatic rings. The topological polar surface area (TPSA) is 50.7 Å². The van der Waals surface area contributed by atoms with Crippen LogP contribution in [-0.4, -0.2) is 15.0 Å². The molecule has 2 aromatic heterocycles. The number of pyridine rings is 1. The highest BCUT2D eigenvalue weighted by molar-refractivity contribution is 5.62. The van der Waals surface area contributed by atoms with Crippen LogP contribution in [0.4, 0.5) is 5.82 Å². The Kier molecular flexibility index (Phi) is 3.95. The van der Waals surface area contributed by atoms with Crippen molar-refractivity contribution in [3.05, 3.63) is 71.8 Å². The van der Waals surface area contributed by atoms with Gasteiger partial charge in [-0.3, -0.25) is 4.98 Å². The summed E-state index contributed by atoms with van der Waals surface area (Å²) in [5, 5.41) is 3.62. The molecule has 4 nitrogen and oxygen atoms in total. The summed E-state index contributed by atoms with van der Waals surface area (Å²) in [5.41, 5.74) is 4.82. The van der Waals surface area contributed by atoms with E-state index in [1.165, 1.54) is 24.0 Å². The molecule has 24 heavy (non-hydrogen) atoms. The molecule has 1 aliphatic carbocycles. The average Bonchev–Trinajstić information content (AvgIpc) is 2.62. The molecule has 0 saturated carbocycles. The van der Waals surface area contributed by atoms with Gasteiger partial charge in [-0.25, -0.2) is 9.97 Å². The van der Waals surface area contributed by atoms with Gasteiger partial charge in [-0.2, -0.15) is 0 Å². The first-order valence-corrected chi connectivity index (χ1v) is 8.40. The molecule has 0 amide bonds. The van der Waals surface area contributed by atoms with Crippen molar-refractivity contribution in [3.8, 4) is 11.3 Å². The monoisotopic (exact) mass is 316 g/mol. The molecule has 0 spiro atoms. The Labute approximate surface area is 142 Å². The van der Waals surface area contributed by atoms with Crippen molar-refractivity contribution in [3.63, 3.8) is 0 Å². The second kappa shape index (κ2) is 6.40. The molecule has 4 rings (SSSR count). The Hall–Kier alpha value is -2.75. The number of benzene rings is 1. The molecule has 1 unspecified atom stereocenters. The smallest absolute Gasteiger partial charge is 0.130 e. The van der Waals surface area contributed by atoms with E-state index >= 15 is 0 Å². The van der Waals surface area contributed by atoms with Crippen LogP contribution in [0.25, 0.3) is 11.3 Å². The van der Waals surface area contributed by atoms with Gasteiger partial charge in [0.25, 0.3) is 0 Å². The van der Waals surface area contributed by atoms with Crippen LogP contribution in [0.3, 0.4) is 0 Å². The highest BCUT2D eigenvalue weighted by Crippen LogP contribution is 2.32. The molecule has 1 aromatic carbocycles. The quantitative estimate of drug-likeness (QED) is 0.781. The highest BCUT2D eigenvalue weighted by Gasteiger charge is 2.20. The van der Waals surface area contributed by atoms with Gasteiger partial charge >= 0.3 is 0 Å². The van der Waals surface area contributed by atoms with Crippen molar-refractivity contribution in [2.24, 2.45) is 0 Å². The molecule has 1 atom stereocenters. The summed E-state index contributed by atoms with van der Waals surface area (Å²) in [5.74, 6) is 1.66. The molecule has 0 radical (unpaired) electrons. The van der Waals surface area contributed by atoms with Gasteiger partial charge in [0, 0.05) is 24.0 Å². The van der Waals surface area contributed by atoms with Gasteiger partial charge in [-0.05, 0) is 49.4 Å². The molecule has 0 fully saturated rings. The number of fused-ring (bicyclic) bond motifs is 1. The van der Waals surface area contributed by atoms with Gasteiger partial charge in [0.15, 0.2) is 0 Å². The van der Waals surface area contributed by atoms with Crippen LogP contribution in [0.15, 0.2) is 54.9 Å². The Morgan fingerprint density at radius 3 is 2.75 bits per heavy atom. The normalized spacial score (nSPS) is 16.5. The Morgan fingerprint density at radius 1 is 1.04 bits per heavy atom. The number of aromatic nitrogens is 3. The van der Waals surface area contributed by atoms with Gasteiger partial charge in [0.1, 0.15) is 11.6 Å². The average molecular weight is 316 g/mol. The number of hydrogen-bond donors (Lipinski definition) is 1. The number of aryl methyl sites for hydroxylation is 2. The predicted octanol–water partition coefficient (Wildman–Crippen LogP) is 4.34. The molecule has 0 bridgehead atoms. The maximum atomic E-state index is 4.59. The summed E-state index contributed by atoms with van der Waals surface area (Å²) in [4.78, 5) is 13.2. The van der Waals surface area contributed by atoms with Crippen LogP contribution >= 0.6 is 0 Å². The molecular formula is C20H20N4. The van der Waals surface area contributed by atoms with Gasteiger partial charge in [0.05, 0.1) is 11.7 Å². The first-order valence-electron chi connectivity index (χ1n) is 8.40. The fourth-order valence-electron chi connectivity index (χ4n) is 3.39. The summed E-state index contributed by atoms with van der Waals surface area (Å²) in [6, 6.07) is 15.0. The third kappa shape index (κ3) is 3.00. The van der Waals surface area contributed by atoms with E-state index in [9.17, 15) is 0 Å². The minimum absolute atomic E-state index is 0.314. The summed E-state index contributed by atoms with van der Waals surface area (Å²) < 4.78 is 0. The number of rotatable bonds is 3. The van der Waals surface area contributed by atoms with Crippen molar-refractivity contribution in [2.75, 3.05) is 5.32 Å². The van der Waals surface area contributed by atoms with Gasteiger partial charge in [-0.15, -0.1) is 0 Å². The molecule has 120 valence electrons. The molecular weight excluding hydrogens is 296 g/mol. The van der Waals surface area contributed by atoms with E-state index in [1.807, 2.05) is 25.1 Å². The van der Waals surface area contributed by atoms with Gasteiger partial charge in [0.2, 0.25) is 0 Å². The number of nitrogens with zero attached hydrogens (tertiary/aromatic N) is 3. The minimum atomic E-state index is 0.314. The van der Waals surface area contributed by atoms with Crippen molar-refractivity contribution in [2.45, 2.75) is 32.2 Å². The first-order chi connectivity index (χ1) is 11.8. The number of nitrogens with one attached hydrogen (secondary N) is 1. The molecule has 3 aromatic rings. The zero-order valence-electron chi connectivity index (χ0n) is 13.7. The maximum Gasteiger partial charge on any atom is 0.130 e. The molecule has 0 aliphatic heterocycles. The zero-order valence-corrected chi connectivity index (χ0v) is 13.7. The van der Waals surface area contributed by atoms with Crippen molar-refractivity contribution in [1.29, 1.82) is 0 Å². The second-order valence-electron chi connectivity index (χ2n) is 6.21. The first kappa shape index (κ1) is 14.8. The van der Waals surface area contributed by atoms with Crippen molar-refractivity contribution < 1.29 is 0 Å². The lowest BCUT2D eigenvalue weighted by Crippen LogP contribution is -2.18. The highest BCUT2D eigenvalue weighted by atomic mass is 15.0. The van der Waals surface area contributed by atoms with Crippen molar-refractivity contribution in [1.82, 2.24) is 15.0 Å². The Balaban J connectivity index is 1.65. The Bertz CT molecular complexity index is 845. The summed E-state index contributed by atoms with van der Waals surface area (Å²) in [6.45, 7) is 1.94. The van der Waals surface area contributed by atoms with Crippen LogP contribution in [0.1, 0.15) is 35.8 Å². The largest absolute Gasteiger partial charge is 0.363 e. The van der Waals surface area contributed by atoms with E-state index in [4.69, 9.17) is 0 Å². The number of anilines is 1. The summed E-state index contributed by atoms with van der Waals surface area (Å²) in [7, 11) is 0. The number of hydrogen-bond acceptors (Lipinski definition) is 4. The van der Waals surface area contributed by atoms with E-state index in [0.29, 0.717) is 6.04 Å². The summed E-state index contributed by atoms with van der Waals surface area (Å²) >= 11 is 0. The van der Waals surface area contributed by atoms with Crippen LogP contribution in [0.2, 0.25) is 0 Å². The second-order valence-corrected chi connectivity index (χ2v) is 6.21. The standard InChI is InChI=1S/C20H20N4/c1-14-22-19(16-9-11-21-12-10-16)13-20(23-14)24-18-8-4-6-15-5-2-3-7-17(15)18/h2-3,5,7,9-13,18H,4,6,8H2,1H3,(H,22,23,24). The SMILES string of the molecule is Cc1nc(NC2CCCc3ccccc32)cc(-c2ccncc2)n1. The van der Waals surface area contributed by atoms with Gasteiger partial charge < -0.3 is 5.32 Å². The van der Waals surface area contributed by atoms with E-state index in [-0.39, 0.29) is 0 Å². The Morgan fingerprint density at radius 2 is 1.88 bits per heavy atom. The lowest BCUT2D eigenvalue weighted by atomic mass is 9.88. The molecule has 0 saturated heterocycles. The lowest BCUT2D eigenvalue weighted by molar-refractivity contribution is 0.598. The fraction of sp³-hybridized carbons (Fsp3) is 0.250. The molecule has 2 heterocycles. The van der Waals surface area contributed by atoms with Crippen LogP contribution < -0.4 is 5.32 Å². The van der Waals surface area contributed by atoms with Crippen LogP contribution in [-0.2, 0) is 6.42 Å². The van der Waals surface area contributed by atoms with E-state index in [2.05, 4.69) is 44.5 Å². The van der Waals surface area contributed by atoms with Crippen LogP contribution in [0, 0.1) is 6.92 Å². The lowest BCUT2D eigenvalue weighted by Gasteiger charge is -2.27. The third-order valence-electron chi connectivity index (χ3n) is 4.51. The molecule has 1 N–H and O–H groups in total. The third-order valence-corrected chi connectivity index (χ3v) is 4.51. The fourth-order valence-corrected chi connectivity index (χ4v) is 3.39. The van der Waals surface area contributed by atoms with E-state index < -0.39 is 0 Å². The van der Waals surface area contributed by atoms with Crippen LogP contribution in [0.5, 0.6) is 0 Å². The van der Waals surface area contributed by atoms with Crippen molar-refractivity contribution >= 4 is 5.82 Å². The van der Waals surface area contributed by atoms with Gasteiger partial charge in [-0.1, -0.05) is 24.3 Å².